The summed E-state index contributed by atoms with van der Waals surface area (Å²) in [6.07, 6.45) is 1.48. The summed E-state index contributed by atoms with van der Waals surface area (Å²) in [5.74, 6) is 0. The summed E-state index contributed by atoms with van der Waals surface area (Å²) in [5, 5.41) is 8.92. The van der Waals surface area contributed by atoms with Crippen molar-refractivity contribution < 1.29 is 13.5 Å². The van der Waals surface area contributed by atoms with E-state index < -0.39 is 10.0 Å². The van der Waals surface area contributed by atoms with Crippen LogP contribution < -0.4 is 5.73 Å². The first kappa shape index (κ1) is 15.8. The highest BCUT2D eigenvalue weighted by molar-refractivity contribution is 9.11. The van der Waals surface area contributed by atoms with Gasteiger partial charge in [0.25, 0.3) is 0 Å². The number of nitrogens with zero attached hydrogens (tertiary/aromatic N) is 1. The number of rotatable bonds is 7. The lowest BCUT2D eigenvalue weighted by atomic mass is 10.5. The van der Waals surface area contributed by atoms with Crippen LogP contribution in [0, 0.1) is 0 Å². The Kier molecular flexibility index (Phi) is 5.96. The van der Waals surface area contributed by atoms with Crippen LogP contribution in [0.1, 0.15) is 4.88 Å². The topological polar surface area (TPSA) is 83.6 Å². The first-order valence-corrected chi connectivity index (χ1v) is 8.22. The van der Waals surface area contributed by atoms with Crippen molar-refractivity contribution in [2.24, 2.45) is 5.73 Å². The van der Waals surface area contributed by atoms with Crippen molar-refractivity contribution in [3.05, 3.63) is 27.4 Å². The number of hydrogen-bond donors (Lipinski definition) is 2. The zero-order valence-electron chi connectivity index (χ0n) is 9.67. The molecule has 8 heteroatoms. The van der Waals surface area contributed by atoms with Crippen molar-refractivity contribution in [3.63, 3.8) is 0 Å². The molecular weight excluding hydrogens is 340 g/mol. The molecule has 0 amide bonds. The Labute approximate surface area is 119 Å². The third-order valence-corrected chi connectivity index (χ3v) is 6.35. The molecule has 0 aliphatic carbocycles. The first-order chi connectivity index (χ1) is 8.47. The second-order valence-corrected chi connectivity index (χ2v) is 7.79. The van der Waals surface area contributed by atoms with Gasteiger partial charge in [0.15, 0.2) is 0 Å². The second-order valence-electron chi connectivity index (χ2n) is 3.43. The minimum Gasteiger partial charge on any atom is -0.395 e. The van der Waals surface area contributed by atoms with Crippen molar-refractivity contribution in [1.29, 1.82) is 0 Å². The Morgan fingerprint density at radius 3 is 2.72 bits per heavy atom. The van der Waals surface area contributed by atoms with E-state index in [2.05, 4.69) is 22.5 Å². The maximum atomic E-state index is 12.4. The summed E-state index contributed by atoms with van der Waals surface area (Å²) in [5.41, 5.74) is 5.49. The Hall–Kier alpha value is -0.250. The zero-order chi connectivity index (χ0) is 13.8. The van der Waals surface area contributed by atoms with Gasteiger partial charge >= 0.3 is 0 Å². The number of nitrogens with two attached hydrogens (primary N) is 1. The predicted octanol–water partition coefficient (Wildman–Crippen LogP) is 1.14. The van der Waals surface area contributed by atoms with E-state index in [1.807, 2.05) is 0 Å². The highest BCUT2D eigenvalue weighted by Gasteiger charge is 2.27. The standard InChI is InChI=1S/C10H15BrN2O3S2/c1-2-3-13(4-5-14)18(15,16)9-6-8(7-12)17-10(9)11/h2,6,14H,1,3-5,7,12H2. The largest absolute Gasteiger partial charge is 0.395 e. The van der Waals surface area contributed by atoms with E-state index in [9.17, 15) is 8.42 Å². The fourth-order valence-corrected chi connectivity index (χ4v) is 5.29. The molecule has 3 N–H and O–H groups in total. The molecule has 0 spiro atoms. The molecule has 1 heterocycles. The molecule has 0 saturated heterocycles. The molecule has 18 heavy (non-hydrogen) atoms. The zero-order valence-corrected chi connectivity index (χ0v) is 12.9. The molecule has 0 saturated carbocycles. The lowest BCUT2D eigenvalue weighted by Gasteiger charge is -2.19. The molecule has 0 unspecified atom stereocenters. The van der Waals surface area contributed by atoms with Crippen molar-refractivity contribution in [1.82, 2.24) is 4.31 Å². The number of aliphatic hydroxyl groups is 1. The van der Waals surface area contributed by atoms with Gasteiger partial charge < -0.3 is 10.8 Å². The van der Waals surface area contributed by atoms with Gasteiger partial charge in [0.1, 0.15) is 4.90 Å². The molecule has 0 atom stereocenters. The van der Waals surface area contributed by atoms with Crippen LogP contribution in [-0.2, 0) is 16.6 Å². The summed E-state index contributed by atoms with van der Waals surface area (Å²) in [7, 11) is -3.64. The van der Waals surface area contributed by atoms with Gasteiger partial charge in [0.2, 0.25) is 10.0 Å². The van der Waals surface area contributed by atoms with Crippen molar-refractivity contribution in [2.45, 2.75) is 11.4 Å². The fourth-order valence-electron chi connectivity index (χ4n) is 1.38. The minimum absolute atomic E-state index is 0.0363. The van der Waals surface area contributed by atoms with Crippen LogP contribution >= 0.6 is 27.3 Å². The third-order valence-electron chi connectivity index (χ3n) is 2.21. The van der Waals surface area contributed by atoms with E-state index in [1.165, 1.54) is 21.7 Å². The summed E-state index contributed by atoms with van der Waals surface area (Å²) in [6.45, 7) is 3.76. The number of aliphatic hydroxyl groups excluding tert-OH is 1. The van der Waals surface area contributed by atoms with Crippen molar-refractivity contribution in [3.8, 4) is 0 Å². The molecule has 0 bridgehead atoms. The van der Waals surface area contributed by atoms with Gasteiger partial charge in [-0.25, -0.2) is 8.42 Å². The highest BCUT2D eigenvalue weighted by atomic mass is 79.9. The van der Waals surface area contributed by atoms with Gasteiger partial charge in [-0.3, -0.25) is 0 Å². The van der Waals surface area contributed by atoms with Crippen LogP contribution in [0.4, 0.5) is 0 Å². The molecule has 5 nitrogen and oxygen atoms in total. The Bertz CT molecular complexity index is 513. The van der Waals surface area contributed by atoms with Crippen LogP contribution in [0.2, 0.25) is 0 Å². The van der Waals surface area contributed by atoms with Gasteiger partial charge in [-0.1, -0.05) is 6.08 Å². The van der Waals surface area contributed by atoms with Crippen LogP contribution in [0.3, 0.4) is 0 Å². The molecule has 0 fully saturated rings. The number of thiophene rings is 1. The van der Waals surface area contributed by atoms with Crippen molar-refractivity contribution >= 4 is 37.3 Å². The molecule has 1 aromatic heterocycles. The van der Waals surface area contributed by atoms with Gasteiger partial charge in [-0.05, 0) is 22.0 Å². The molecular formula is C10H15BrN2O3S2. The quantitative estimate of drug-likeness (QED) is 0.719. The number of hydrogen-bond acceptors (Lipinski definition) is 5. The smallest absolute Gasteiger partial charge is 0.245 e. The van der Waals surface area contributed by atoms with E-state index in [0.717, 1.165) is 4.88 Å². The van der Waals surface area contributed by atoms with E-state index >= 15 is 0 Å². The normalized spacial score (nSPS) is 12.0. The lowest BCUT2D eigenvalue weighted by molar-refractivity contribution is 0.260. The molecule has 0 aliphatic heterocycles. The second kappa shape index (κ2) is 6.78. The minimum atomic E-state index is -3.64. The summed E-state index contributed by atoms with van der Waals surface area (Å²) in [6, 6.07) is 1.55. The van der Waals surface area contributed by atoms with Gasteiger partial charge in [-0.15, -0.1) is 17.9 Å². The van der Waals surface area contributed by atoms with E-state index in [1.54, 1.807) is 6.07 Å². The lowest BCUT2D eigenvalue weighted by Crippen LogP contribution is -2.33. The number of halogens is 1. The van der Waals surface area contributed by atoms with E-state index in [0.29, 0.717) is 10.3 Å². The van der Waals surface area contributed by atoms with Crippen LogP contribution in [0.15, 0.2) is 27.4 Å². The summed E-state index contributed by atoms with van der Waals surface area (Å²) in [4.78, 5) is 0.964. The maximum absolute atomic E-state index is 12.4. The molecule has 0 aromatic carbocycles. The van der Waals surface area contributed by atoms with E-state index in [4.69, 9.17) is 10.8 Å². The van der Waals surface area contributed by atoms with Gasteiger partial charge in [0.05, 0.1) is 10.4 Å². The van der Waals surface area contributed by atoms with Crippen molar-refractivity contribution in [2.75, 3.05) is 19.7 Å². The summed E-state index contributed by atoms with van der Waals surface area (Å²) < 4.78 is 26.4. The molecule has 1 rings (SSSR count). The first-order valence-electron chi connectivity index (χ1n) is 5.17. The highest BCUT2D eigenvalue weighted by Crippen LogP contribution is 2.33. The monoisotopic (exact) mass is 354 g/mol. The molecule has 102 valence electrons. The Balaban J connectivity index is 3.16. The maximum Gasteiger partial charge on any atom is 0.245 e. The van der Waals surface area contributed by atoms with E-state index in [-0.39, 0.29) is 24.6 Å². The molecule has 0 radical (unpaired) electrons. The molecule has 1 aromatic rings. The average Bonchev–Trinajstić information content (AvgIpc) is 2.71. The Morgan fingerprint density at radius 2 is 2.28 bits per heavy atom. The van der Waals surface area contributed by atoms with Crippen LogP contribution in [-0.4, -0.2) is 37.5 Å². The Morgan fingerprint density at radius 1 is 1.61 bits per heavy atom. The van der Waals surface area contributed by atoms with Gasteiger partial charge in [0, 0.05) is 24.5 Å². The fraction of sp³-hybridized carbons (Fsp3) is 0.400. The average molecular weight is 355 g/mol. The van der Waals surface area contributed by atoms with Crippen LogP contribution in [0.25, 0.3) is 0 Å². The van der Waals surface area contributed by atoms with Gasteiger partial charge in [-0.2, -0.15) is 4.31 Å². The van der Waals surface area contributed by atoms with Crippen LogP contribution in [0.5, 0.6) is 0 Å². The predicted molar refractivity (Wildman–Crippen MR) is 76.0 cm³/mol. The SMILES string of the molecule is C=CCN(CCO)S(=O)(=O)c1cc(CN)sc1Br. The molecule has 0 aliphatic rings. The summed E-state index contributed by atoms with van der Waals surface area (Å²) >= 11 is 4.53. The number of sulfonamides is 1. The third kappa shape index (κ3) is 3.40.